The first kappa shape index (κ1) is 70.2. The average molecular weight is 1040 g/mol. The van der Waals surface area contributed by atoms with Crippen molar-refractivity contribution in [3.05, 3.63) is 36.5 Å². The fraction of sp³-hybridized carbons (Fsp3) is 0.871. The number of allylic oxidation sites excluding steroid dienone is 6. The van der Waals surface area contributed by atoms with Crippen LogP contribution in [0.15, 0.2) is 36.5 Å². The lowest BCUT2D eigenvalue weighted by molar-refractivity contribution is -0.870. The standard InChI is InChI=1S/C62H118NO8P/c1-6-8-10-12-14-16-18-20-22-24-26-27-28-29-30-31-32-33-34-35-37-38-40-42-44-46-48-50-52-54-61(64)68-58-60(59-70-72(66,67)69-57-56-63(3,4)5)71-62(65)55-53-51-49-47-45-43-41-39-36-25-23-21-19-17-15-13-11-9-7-2/h15,17,21,23-24,26,60H,6-14,16,18-20,22,25,27-59H2,1-5H3/p+1/b17-15-,23-21-,26-24-. The molecule has 0 heterocycles. The van der Waals surface area contributed by atoms with Gasteiger partial charge >= 0.3 is 19.8 Å². The van der Waals surface area contributed by atoms with E-state index < -0.39 is 26.5 Å². The van der Waals surface area contributed by atoms with Crippen LogP contribution in [-0.4, -0.2) is 74.9 Å². The molecule has 0 bridgehead atoms. The van der Waals surface area contributed by atoms with Gasteiger partial charge in [-0.15, -0.1) is 0 Å². The summed E-state index contributed by atoms with van der Waals surface area (Å²) in [5.74, 6) is -0.789. The molecule has 0 spiro atoms. The van der Waals surface area contributed by atoms with E-state index in [0.717, 1.165) is 51.4 Å². The third-order valence-corrected chi connectivity index (χ3v) is 14.6. The molecule has 0 rings (SSSR count). The van der Waals surface area contributed by atoms with E-state index in [4.69, 9.17) is 18.5 Å². The lowest BCUT2D eigenvalue weighted by Crippen LogP contribution is -2.37. The third kappa shape index (κ3) is 57.5. The van der Waals surface area contributed by atoms with E-state index in [2.05, 4.69) is 50.3 Å². The molecule has 0 aliphatic rings. The molecule has 424 valence electrons. The zero-order chi connectivity index (χ0) is 52.7. The number of hydrogen-bond acceptors (Lipinski definition) is 7. The largest absolute Gasteiger partial charge is 0.472 e. The molecule has 1 N–H and O–H groups in total. The molecule has 0 fully saturated rings. The lowest BCUT2D eigenvalue weighted by Gasteiger charge is -2.24. The smallest absolute Gasteiger partial charge is 0.462 e. The van der Waals surface area contributed by atoms with Gasteiger partial charge in [-0.25, -0.2) is 4.57 Å². The maximum atomic E-state index is 12.8. The Balaban J connectivity index is 4.06. The summed E-state index contributed by atoms with van der Waals surface area (Å²) in [5, 5.41) is 0. The van der Waals surface area contributed by atoms with E-state index in [-0.39, 0.29) is 25.6 Å². The molecule has 2 unspecified atom stereocenters. The molecule has 72 heavy (non-hydrogen) atoms. The van der Waals surface area contributed by atoms with Gasteiger partial charge in [-0.3, -0.25) is 18.6 Å². The Morgan fingerprint density at radius 1 is 0.431 bits per heavy atom. The summed E-state index contributed by atoms with van der Waals surface area (Å²) < 4.78 is 34.6. The summed E-state index contributed by atoms with van der Waals surface area (Å²) in [6, 6.07) is 0. The quantitative estimate of drug-likeness (QED) is 0.0211. The Labute approximate surface area is 446 Å². The zero-order valence-corrected chi connectivity index (χ0v) is 49.1. The maximum Gasteiger partial charge on any atom is 0.472 e. The third-order valence-electron chi connectivity index (χ3n) is 13.6. The number of carbonyl (C=O) groups is 2. The number of ether oxygens (including phenoxy) is 2. The number of likely N-dealkylation sites (N-methyl/N-ethyl adjacent to an activating group) is 1. The van der Waals surface area contributed by atoms with Gasteiger partial charge in [0.2, 0.25) is 0 Å². The van der Waals surface area contributed by atoms with Gasteiger partial charge in [0.15, 0.2) is 6.10 Å². The van der Waals surface area contributed by atoms with Gasteiger partial charge in [-0.2, -0.15) is 0 Å². The van der Waals surface area contributed by atoms with Crippen LogP contribution in [0.5, 0.6) is 0 Å². The summed E-state index contributed by atoms with van der Waals surface area (Å²) in [6.07, 6.45) is 66.5. The minimum atomic E-state index is -4.39. The van der Waals surface area contributed by atoms with Crippen molar-refractivity contribution < 1.29 is 42.1 Å². The van der Waals surface area contributed by atoms with Crippen LogP contribution in [-0.2, 0) is 32.7 Å². The van der Waals surface area contributed by atoms with Crippen molar-refractivity contribution in [2.24, 2.45) is 0 Å². The number of phosphoric ester groups is 1. The molecule has 0 aromatic carbocycles. The van der Waals surface area contributed by atoms with Gasteiger partial charge in [0.25, 0.3) is 0 Å². The number of unbranched alkanes of at least 4 members (excludes halogenated alkanes) is 37. The number of esters is 2. The van der Waals surface area contributed by atoms with Crippen molar-refractivity contribution >= 4 is 19.8 Å². The van der Waals surface area contributed by atoms with Crippen LogP contribution >= 0.6 is 7.82 Å². The van der Waals surface area contributed by atoms with E-state index in [1.54, 1.807) is 0 Å². The molecule has 0 radical (unpaired) electrons. The molecule has 9 nitrogen and oxygen atoms in total. The SMILES string of the molecule is CCCCC/C=C\C/C=C\CCCCCCCCCCCC(=O)OC(COC(=O)CCCCCCCCCCCCCCCCCCC/C=C\CCCCCCCCCC)COP(=O)(O)OCC[N+](C)(C)C. The second-order valence-electron chi connectivity index (χ2n) is 22.1. The van der Waals surface area contributed by atoms with Crippen LogP contribution < -0.4 is 0 Å². The molecule has 0 saturated carbocycles. The van der Waals surface area contributed by atoms with Crippen LogP contribution in [0.25, 0.3) is 0 Å². The predicted molar refractivity (Wildman–Crippen MR) is 307 cm³/mol. The van der Waals surface area contributed by atoms with E-state index in [9.17, 15) is 19.0 Å². The molecular formula is C62H119NO8P+. The molecule has 0 aromatic heterocycles. The number of carbonyl (C=O) groups excluding carboxylic acids is 2. The Morgan fingerprint density at radius 2 is 0.750 bits per heavy atom. The van der Waals surface area contributed by atoms with Gasteiger partial charge in [0.05, 0.1) is 27.7 Å². The Bertz CT molecular complexity index is 1310. The number of quaternary nitrogens is 1. The normalized spacial score (nSPS) is 13.5. The average Bonchev–Trinajstić information content (AvgIpc) is 3.34. The summed E-state index contributed by atoms with van der Waals surface area (Å²) in [4.78, 5) is 35.7. The van der Waals surface area contributed by atoms with Crippen molar-refractivity contribution in [2.75, 3.05) is 47.5 Å². The Morgan fingerprint density at radius 3 is 1.14 bits per heavy atom. The van der Waals surface area contributed by atoms with E-state index in [1.807, 2.05) is 21.1 Å². The van der Waals surface area contributed by atoms with Crippen molar-refractivity contribution in [2.45, 2.75) is 302 Å². The van der Waals surface area contributed by atoms with E-state index in [1.165, 1.54) is 212 Å². The molecule has 0 aromatic rings. The van der Waals surface area contributed by atoms with Gasteiger partial charge < -0.3 is 18.9 Å². The highest BCUT2D eigenvalue weighted by atomic mass is 31.2. The first-order valence-electron chi connectivity index (χ1n) is 30.7. The molecular weight excluding hydrogens is 918 g/mol. The van der Waals surface area contributed by atoms with Crippen LogP contribution in [0, 0.1) is 0 Å². The van der Waals surface area contributed by atoms with Gasteiger partial charge in [0.1, 0.15) is 19.8 Å². The summed E-state index contributed by atoms with van der Waals surface area (Å²) >= 11 is 0. The van der Waals surface area contributed by atoms with Gasteiger partial charge in [0, 0.05) is 12.8 Å². The Hall–Kier alpha value is -1.77. The number of rotatable bonds is 57. The first-order valence-corrected chi connectivity index (χ1v) is 32.2. The van der Waals surface area contributed by atoms with Gasteiger partial charge in [-0.1, -0.05) is 249 Å². The molecule has 0 amide bonds. The zero-order valence-electron chi connectivity index (χ0n) is 48.2. The number of phosphoric acid groups is 1. The second kappa shape index (κ2) is 54.0. The predicted octanol–water partition coefficient (Wildman–Crippen LogP) is 19.2. The fourth-order valence-electron chi connectivity index (χ4n) is 8.87. The molecule has 0 aliphatic carbocycles. The van der Waals surface area contributed by atoms with Crippen LogP contribution in [0.3, 0.4) is 0 Å². The first-order chi connectivity index (χ1) is 35.0. The van der Waals surface area contributed by atoms with Crippen LogP contribution in [0.4, 0.5) is 0 Å². The highest BCUT2D eigenvalue weighted by Gasteiger charge is 2.27. The lowest BCUT2D eigenvalue weighted by atomic mass is 10.0. The summed E-state index contributed by atoms with van der Waals surface area (Å²) in [7, 11) is 1.48. The highest BCUT2D eigenvalue weighted by Crippen LogP contribution is 2.43. The monoisotopic (exact) mass is 1040 g/mol. The van der Waals surface area contributed by atoms with E-state index in [0.29, 0.717) is 23.9 Å². The fourth-order valence-corrected chi connectivity index (χ4v) is 9.61. The van der Waals surface area contributed by atoms with Gasteiger partial charge in [-0.05, 0) is 70.6 Å². The summed E-state index contributed by atoms with van der Waals surface area (Å²) in [5.41, 5.74) is 0. The maximum absolute atomic E-state index is 12.8. The highest BCUT2D eigenvalue weighted by molar-refractivity contribution is 7.47. The van der Waals surface area contributed by atoms with Crippen LogP contribution in [0.2, 0.25) is 0 Å². The minimum Gasteiger partial charge on any atom is -0.462 e. The molecule has 0 aliphatic heterocycles. The van der Waals surface area contributed by atoms with Crippen molar-refractivity contribution in [1.29, 1.82) is 0 Å². The van der Waals surface area contributed by atoms with Crippen molar-refractivity contribution in [1.82, 2.24) is 0 Å². The summed E-state index contributed by atoms with van der Waals surface area (Å²) in [6.45, 7) is 4.45. The molecule has 10 heteroatoms. The van der Waals surface area contributed by atoms with Crippen LogP contribution in [0.1, 0.15) is 296 Å². The van der Waals surface area contributed by atoms with Crippen molar-refractivity contribution in [3.63, 3.8) is 0 Å². The number of nitrogens with zero attached hydrogens (tertiary/aromatic N) is 1. The topological polar surface area (TPSA) is 108 Å². The molecule has 2 atom stereocenters. The Kier molecular flexibility index (Phi) is 52.7. The van der Waals surface area contributed by atoms with Crippen molar-refractivity contribution in [3.8, 4) is 0 Å². The van der Waals surface area contributed by atoms with E-state index >= 15 is 0 Å². The minimum absolute atomic E-state index is 0.0322. The molecule has 0 saturated heterocycles. The second-order valence-corrected chi connectivity index (χ2v) is 23.5. The number of hydrogen-bond donors (Lipinski definition) is 1.